The Morgan fingerprint density at radius 3 is 2.54 bits per heavy atom. The summed E-state index contributed by atoms with van der Waals surface area (Å²) in [4.78, 5) is 19.4. The first-order valence-corrected chi connectivity index (χ1v) is 10.4. The van der Waals surface area contributed by atoms with E-state index in [1.165, 1.54) is 37.6 Å². The van der Waals surface area contributed by atoms with Crippen LogP contribution in [0.2, 0.25) is 0 Å². The number of benzene rings is 1. The number of aromatic nitrogens is 2. The average Bonchev–Trinajstić information content (AvgIpc) is 2.98. The molecule has 2 aliphatic rings. The van der Waals surface area contributed by atoms with Crippen molar-refractivity contribution in [3.8, 4) is 0 Å². The Labute approximate surface area is 156 Å². The van der Waals surface area contributed by atoms with Gasteiger partial charge in [-0.15, -0.1) is 0 Å². The maximum absolute atomic E-state index is 12.6. The molecule has 26 heavy (non-hydrogen) atoms. The zero-order chi connectivity index (χ0) is 17.9. The molecule has 2 heterocycles. The van der Waals surface area contributed by atoms with Gasteiger partial charge in [-0.25, -0.2) is 4.98 Å². The molecular formula is C22H31N3O. The molecular weight excluding hydrogens is 322 g/mol. The highest BCUT2D eigenvalue weighted by Gasteiger charge is 2.26. The maximum Gasteiger partial charge on any atom is 0.222 e. The third-order valence-corrected chi connectivity index (χ3v) is 6.44. The smallest absolute Gasteiger partial charge is 0.222 e. The Balaban J connectivity index is 1.32. The fraction of sp³-hybridized carbons (Fsp3) is 0.636. The van der Waals surface area contributed by atoms with Crippen molar-refractivity contribution in [2.45, 2.75) is 64.8 Å². The summed E-state index contributed by atoms with van der Waals surface area (Å²) in [6, 6.07) is 8.39. The number of aryl methyl sites for hydroxylation is 1. The number of carbonyl (C=O) groups excluding carboxylic acids is 1. The summed E-state index contributed by atoms with van der Waals surface area (Å²) in [5.41, 5.74) is 2.32. The highest BCUT2D eigenvalue weighted by molar-refractivity contribution is 5.77. The minimum atomic E-state index is 0.402. The minimum absolute atomic E-state index is 0.402. The molecule has 1 aliphatic carbocycles. The van der Waals surface area contributed by atoms with Gasteiger partial charge in [0, 0.05) is 26.1 Å². The van der Waals surface area contributed by atoms with Crippen molar-refractivity contribution >= 4 is 16.9 Å². The molecule has 2 fully saturated rings. The number of para-hydroxylation sites is 2. The van der Waals surface area contributed by atoms with Crippen molar-refractivity contribution in [2.75, 3.05) is 13.1 Å². The third-order valence-electron chi connectivity index (χ3n) is 6.44. The van der Waals surface area contributed by atoms with Gasteiger partial charge in [0.1, 0.15) is 5.82 Å². The van der Waals surface area contributed by atoms with Crippen molar-refractivity contribution in [3.05, 3.63) is 30.1 Å². The van der Waals surface area contributed by atoms with Crippen LogP contribution in [-0.4, -0.2) is 33.4 Å². The number of piperidine rings is 1. The molecule has 1 aliphatic heterocycles. The van der Waals surface area contributed by atoms with Crippen LogP contribution in [0.4, 0.5) is 0 Å². The number of amides is 1. The van der Waals surface area contributed by atoms with E-state index in [0.717, 1.165) is 50.2 Å². The summed E-state index contributed by atoms with van der Waals surface area (Å²) in [6.45, 7) is 4.99. The lowest BCUT2D eigenvalue weighted by molar-refractivity contribution is -0.133. The number of likely N-dealkylation sites (tertiary alicyclic amines) is 1. The second-order valence-electron chi connectivity index (χ2n) is 8.29. The van der Waals surface area contributed by atoms with Crippen LogP contribution in [0.15, 0.2) is 24.3 Å². The monoisotopic (exact) mass is 353 g/mol. The van der Waals surface area contributed by atoms with E-state index >= 15 is 0 Å². The predicted molar refractivity (Wildman–Crippen MR) is 105 cm³/mol. The van der Waals surface area contributed by atoms with E-state index in [4.69, 9.17) is 0 Å². The molecule has 0 N–H and O–H groups in total. The van der Waals surface area contributed by atoms with E-state index in [1.807, 2.05) is 0 Å². The van der Waals surface area contributed by atoms with E-state index in [1.54, 1.807) is 0 Å². The first kappa shape index (κ1) is 17.6. The third kappa shape index (κ3) is 3.79. The molecule has 0 atom stereocenters. The first-order chi connectivity index (χ1) is 12.7. The Hall–Kier alpha value is -1.84. The molecule has 4 heteroatoms. The molecule has 0 spiro atoms. The largest absolute Gasteiger partial charge is 0.343 e. The number of nitrogens with zero attached hydrogens (tertiary/aromatic N) is 3. The quantitative estimate of drug-likeness (QED) is 0.808. The molecule has 1 amide bonds. The van der Waals surface area contributed by atoms with Gasteiger partial charge in [0.25, 0.3) is 0 Å². The van der Waals surface area contributed by atoms with Gasteiger partial charge < -0.3 is 9.47 Å². The number of rotatable bonds is 4. The van der Waals surface area contributed by atoms with Crippen LogP contribution >= 0.6 is 0 Å². The molecule has 1 saturated carbocycles. The molecule has 1 saturated heterocycles. The van der Waals surface area contributed by atoms with E-state index in [0.29, 0.717) is 17.7 Å². The highest BCUT2D eigenvalue weighted by atomic mass is 16.2. The van der Waals surface area contributed by atoms with Crippen LogP contribution < -0.4 is 0 Å². The highest BCUT2D eigenvalue weighted by Crippen LogP contribution is 2.28. The number of fused-ring (bicyclic) bond motifs is 1. The van der Waals surface area contributed by atoms with Gasteiger partial charge in [-0.05, 0) is 56.6 Å². The van der Waals surface area contributed by atoms with E-state index in [-0.39, 0.29) is 0 Å². The van der Waals surface area contributed by atoms with Crippen LogP contribution in [0.25, 0.3) is 11.0 Å². The van der Waals surface area contributed by atoms with Gasteiger partial charge in [0.05, 0.1) is 11.0 Å². The normalized spacial score (nSPS) is 20.0. The average molecular weight is 354 g/mol. The van der Waals surface area contributed by atoms with E-state index in [9.17, 15) is 4.79 Å². The maximum atomic E-state index is 12.6. The molecule has 2 aromatic rings. The fourth-order valence-corrected chi connectivity index (χ4v) is 4.82. The van der Waals surface area contributed by atoms with Crippen molar-refractivity contribution in [2.24, 2.45) is 11.8 Å². The second kappa shape index (κ2) is 7.81. The van der Waals surface area contributed by atoms with Crippen molar-refractivity contribution in [3.63, 3.8) is 0 Å². The SMILES string of the molecule is Cc1nc2ccccc2n1CC1CCN(C(=O)CC2CCCCC2)CC1. The van der Waals surface area contributed by atoms with Gasteiger partial charge in [0.15, 0.2) is 0 Å². The van der Waals surface area contributed by atoms with Crippen molar-refractivity contribution in [1.82, 2.24) is 14.5 Å². The Morgan fingerprint density at radius 2 is 1.77 bits per heavy atom. The topological polar surface area (TPSA) is 38.1 Å². The summed E-state index contributed by atoms with van der Waals surface area (Å²) >= 11 is 0. The van der Waals surface area contributed by atoms with E-state index < -0.39 is 0 Å². The Kier molecular flexibility index (Phi) is 5.28. The van der Waals surface area contributed by atoms with Crippen LogP contribution in [0, 0.1) is 18.8 Å². The lowest BCUT2D eigenvalue weighted by Crippen LogP contribution is -2.40. The molecule has 1 aromatic carbocycles. The number of imidazole rings is 1. The predicted octanol–water partition coefficient (Wildman–Crippen LogP) is 4.55. The lowest BCUT2D eigenvalue weighted by Gasteiger charge is -2.33. The molecule has 0 unspecified atom stereocenters. The van der Waals surface area contributed by atoms with Crippen LogP contribution in [-0.2, 0) is 11.3 Å². The van der Waals surface area contributed by atoms with Crippen LogP contribution in [0.3, 0.4) is 0 Å². The van der Waals surface area contributed by atoms with Gasteiger partial charge in [-0.3, -0.25) is 4.79 Å². The van der Waals surface area contributed by atoms with Gasteiger partial charge in [-0.1, -0.05) is 31.4 Å². The zero-order valence-corrected chi connectivity index (χ0v) is 16.0. The number of hydrogen-bond donors (Lipinski definition) is 0. The standard InChI is InChI=1S/C22H31N3O/c1-17-23-20-9-5-6-10-21(20)25(17)16-19-11-13-24(14-12-19)22(26)15-18-7-3-2-4-8-18/h5-6,9-10,18-19H,2-4,7-8,11-16H2,1H3. The first-order valence-electron chi connectivity index (χ1n) is 10.4. The molecule has 0 bridgehead atoms. The summed E-state index contributed by atoms with van der Waals surface area (Å²) in [6.07, 6.45) is 9.53. The summed E-state index contributed by atoms with van der Waals surface area (Å²) in [5.74, 6) is 2.79. The molecule has 4 nitrogen and oxygen atoms in total. The molecule has 1 aromatic heterocycles. The van der Waals surface area contributed by atoms with Crippen LogP contribution in [0.5, 0.6) is 0 Å². The number of carbonyl (C=O) groups is 1. The van der Waals surface area contributed by atoms with Gasteiger partial charge >= 0.3 is 0 Å². The number of hydrogen-bond acceptors (Lipinski definition) is 2. The van der Waals surface area contributed by atoms with Gasteiger partial charge in [-0.2, -0.15) is 0 Å². The summed E-state index contributed by atoms with van der Waals surface area (Å²) in [7, 11) is 0. The van der Waals surface area contributed by atoms with Crippen LogP contribution in [0.1, 0.15) is 57.2 Å². The zero-order valence-electron chi connectivity index (χ0n) is 16.0. The molecule has 140 valence electrons. The lowest BCUT2D eigenvalue weighted by atomic mass is 9.86. The Morgan fingerprint density at radius 1 is 1.04 bits per heavy atom. The Bertz CT molecular complexity index is 752. The second-order valence-corrected chi connectivity index (χ2v) is 8.29. The van der Waals surface area contributed by atoms with Crippen molar-refractivity contribution < 1.29 is 4.79 Å². The summed E-state index contributed by atoms with van der Waals surface area (Å²) in [5, 5.41) is 0. The molecule has 4 rings (SSSR count). The van der Waals surface area contributed by atoms with Gasteiger partial charge in [0.2, 0.25) is 5.91 Å². The minimum Gasteiger partial charge on any atom is -0.343 e. The summed E-state index contributed by atoms with van der Waals surface area (Å²) < 4.78 is 2.36. The van der Waals surface area contributed by atoms with Crippen molar-refractivity contribution in [1.29, 1.82) is 0 Å². The van der Waals surface area contributed by atoms with E-state index in [2.05, 4.69) is 45.6 Å². The molecule has 0 radical (unpaired) electrons. The fourth-order valence-electron chi connectivity index (χ4n) is 4.82.